The molecule has 1 unspecified atom stereocenters. The predicted molar refractivity (Wildman–Crippen MR) is 95.6 cm³/mol. The Morgan fingerprint density at radius 1 is 1.16 bits per heavy atom. The van der Waals surface area contributed by atoms with Crippen LogP contribution in [-0.4, -0.2) is 50.5 Å². The van der Waals surface area contributed by atoms with E-state index in [1.54, 1.807) is 0 Å². The van der Waals surface area contributed by atoms with E-state index in [0.29, 0.717) is 5.69 Å². The van der Waals surface area contributed by atoms with E-state index in [1.807, 2.05) is 43.3 Å². The molecular weight excluding hydrogens is 322 g/mol. The molecule has 1 N–H and O–H groups in total. The minimum Gasteiger partial charge on any atom is -0.467 e. The normalized spacial score (nSPS) is 12.0. The number of rotatable bonds is 7. The van der Waals surface area contributed by atoms with Crippen LogP contribution in [0.4, 0.5) is 5.69 Å². The van der Waals surface area contributed by atoms with E-state index >= 15 is 0 Å². The number of anilines is 1. The Morgan fingerprint density at radius 3 is 2.52 bits per heavy atom. The first-order valence-electron chi connectivity index (χ1n) is 8.03. The molecule has 6 heteroatoms. The molecule has 134 valence electrons. The van der Waals surface area contributed by atoms with Gasteiger partial charge in [0.2, 0.25) is 0 Å². The Morgan fingerprint density at radius 2 is 1.88 bits per heavy atom. The largest absolute Gasteiger partial charge is 0.467 e. The molecule has 0 spiro atoms. The van der Waals surface area contributed by atoms with Crippen LogP contribution in [-0.2, 0) is 19.1 Å². The molecule has 0 fully saturated rings. The third kappa shape index (κ3) is 3.97. The van der Waals surface area contributed by atoms with Crippen molar-refractivity contribution >= 4 is 28.3 Å². The second-order valence-corrected chi connectivity index (χ2v) is 5.70. The summed E-state index contributed by atoms with van der Waals surface area (Å²) in [6.45, 7) is 1.45. The lowest BCUT2D eigenvalue weighted by atomic mass is 10.0. The fraction of sp³-hybridized carbons (Fsp3) is 0.368. The summed E-state index contributed by atoms with van der Waals surface area (Å²) < 4.78 is 9.86. The van der Waals surface area contributed by atoms with Gasteiger partial charge < -0.3 is 14.6 Å². The molecule has 1 atom stereocenters. The second kappa shape index (κ2) is 8.60. The molecule has 2 aromatic rings. The number of benzene rings is 2. The Bertz CT molecular complexity index is 759. The number of carbonyl (C=O) groups is 2. The smallest absolute Gasteiger partial charge is 0.329 e. The SMILES string of the molecule is COCC(=O)N(c1c(C)ccc2ccccc12)C(CCO)C(=O)OC. The fourth-order valence-electron chi connectivity index (χ4n) is 2.94. The first-order valence-corrected chi connectivity index (χ1v) is 8.03. The van der Waals surface area contributed by atoms with Gasteiger partial charge in [0, 0.05) is 25.5 Å². The average Bonchev–Trinajstić information content (AvgIpc) is 2.62. The molecule has 0 bridgehead atoms. The number of carbonyl (C=O) groups excluding carboxylic acids is 2. The van der Waals surface area contributed by atoms with Crippen molar-refractivity contribution in [2.24, 2.45) is 0 Å². The van der Waals surface area contributed by atoms with Crippen LogP contribution in [0, 0.1) is 6.92 Å². The van der Waals surface area contributed by atoms with Crippen LogP contribution < -0.4 is 4.90 Å². The van der Waals surface area contributed by atoms with Crippen molar-refractivity contribution in [2.75, 3.05) is 32.3 Å². The molecule has 2 aromatic carbocycles. The van der Waals surface area contributed by atoms with E-state index in [4.69, 9.17) is 9.47 Å². The summed E-state index contributed by atoms with van der Waals surface area (Å²) in [5, 5.41) is 11.2. The van der Waals surface area contributed by atoms with Gasteiger partial charge in [0.1, 0.15) is 12.6 Å². The van der Waals surface area contributed by atoms with Crippen LogP contribution in [0.15, 0.2) is 36.4 Å². The number of aliphatic hydroxyl groups excluding tert-OH is 1. The number of aliphatic hydroxyl groups is 1. The first-order chi connectivity index (χ1) is 12.0. The molecule has 0 aliphatic carbocycles. The standard InChI is InChI=1S/C19H23NO5/c1-13-8-9-14-6-4-5-7-15(14)18(13)20(17(22)12-24-2)16(10-11-21)19(23)25-3/h4-9,16,21H,10-12H2,1-3H3. The van der Waals surface area contributed by atoms with Gasteiger partial charge in [0.15, 0.2) is 0 Å². The fourth-order valence-corrected chi connectivity index (χ4v) is 2.94. The monoisotopic (exact) mass is 345 g/mol. The lowest BCUT2D eigenvalue weighted by Gasteiger charge is -2.31. The number of aryl methyl sites for hydroxylation is 1. The summed E-state index contributed by atoms with van der Waals surface area (Å²) in [4.78, 5) is 26.5. The van der Waals surface area contributed by atoms with Gasteiger partial charge in [-0.3, -0.25) is 9.69 Å². The summed E-state index contributed by atoms with van der Waals surface area (Å²) in [6, 6.07) is 10.6. The van der Waals surface area contributed by atoms with Crippen LogP contribution in [0.1, 0.15) is 12.0 Å². The van der Waals surface area contributed by atoms with Gasteiger partial charge >= 0.3 is 5.97 Å². The summed E-state index contributed by atoms with van der Waals surface area (Å²) in [5.41, 5.74) is 1.47. The summed E-state index contributed by atoms with van der Waals surface area (Å²) >= 11 is 0. The zero-order valence-electron chi connectivity index (χ0n) is 14.7. The maximum Gasteiger partial charge on any atom is 0.329 e. The molecule has 0 aromatic heterocycles. The molecule has 6 nitrogen and oxygen atoms in total. The molecule has 0 aliphatic rings. The topological polar surface area (TPSA) is 76.1 Å². The zero-order valence-corrected chi connectivity index (χ0v) is 14.7. The van der Waals surface area contributed by atoms with E-state index in [9.17, 15) is 14.7 Å². The molecule has 2 rings (SSSR count). The van der Waals surface area contributed by atoms with Gasteiger partial charge in [-0.15, -0.1) is 0 Å². The number of hydrogen-bond acceptors (Lipinski definition) is 5. The number of amides is 1. The van der Waals surface area contributed by atoms with Crippen molar-refractivity contribution < 1.29 is 24.2 Å². The zero-order chi connectivity index (χ0) is 18.4. The quantitative estimate of drug-likeness (QED) is 0.777. The molecule has 0 aliphatic heterocycles. The van der Waals surface area contributed by atoms with Crippen molar-refractivity contribution in [3.8, 4) is 0 Å². The average molecular weight is 345 g/mol. The van der Waals surface area contributed by atoms with Crippen molar-refractivity contribution in [1.82, 2.24) is 0 Å². The Kier molecular flexibility index (Phi) is 6.50. The van der Waals surface area contributed by atoms with E-state index < -0.39 is 12.0 Å². The number of fused-ring (bicyclic) bond motifs is 1. The van der Waals surface area contributed by atoms with E-state index in [1.165, 1.54) is 19.1 Å². The van der Waals surface area contributed by atoms with Crippen molar-refractivity contribution in [3.05, 3.63) is 42.0 Å². The molecule has 1 amide bonds. The number of methoxy groups -OCH3 is 2. The van der Waals surface area contributed by atoms with Gasteiger partial charge in [-0.25, -0.2) is 4.79 Å². The summed E-state index contributed by atoms with van der Waals surface area (Å²) in [6.07, 6.45) is 0.0742. The molecule has 0 saturated heterocycles. The highest BCUT2D eigenvalue weighted by atomic mass is 16.5. The molecule has 25 heavy (non-hydrogen) atoms. The van der Waals surface area contributed by atoms with Gasteiger partial charge in [0.05, 0.1) is 12.8 Å². The van der Waals surface area contributed by atoms with Gasteiger partial charge in [0.25, 0.3) is 5.91 Å². The van der Waals surface area contributed by atoms with Crippen LogP contribution in [0.5, 0.6) is 0 Å². The third-order valence-corrected chi connectivity index (χ3v) is 4.07. The Labute approximate surface area is 147 Å². The van der Waals surface area contributed by atoms with Gasteiger partial charge in [-0.2, -0.15) is 0 Å². The van der Waals surface area contributed by atoms with Crippen molar-refractivity contribution in [3.63, 3.8) is 0 Å². The second-order valence-electron chi connectivity index (χ2n) is 5.70. The lowest BCUT2D eigenvalue weighted by Crippen LogP contribution is -2.48. The van der Waals surface area contributed by atoms with Crippen LogP contribution in [0.2, 0.25) is 0 Å². The molecule has 0 saturated carbocycles. The molecule has 0 heterocycles. The highest BCUT2D eigenvalue weighted by Gasteiger charge is 2.33. The van der Waals surface area contributed by atoms with Gasteiger partial charge in [-0.1, -0.05) is 36.4 Å². The molecular formula is C19H23NO5. The number of esters is 1. The molecule has 0 radical (unpaired) electrons. The summed E-state index contributed by atoms with van der Waals surface area (Å²) in [5.74, 6) is -0.948. The minimum absolute atomic E-state index is 0.0742. The maximum absolute atomic E-state index is 12.8. The number of ether oxygens (including phenoxy) is 2. The maximum atomic E-state index is 12.8. The van der Waals surface area contributed by atoms with E-state index in [0.717, 1.165) is 16.3 Å². The summed E-state index contributed by atoms with van der Waals surface area (Å²) in [7, 11) is 2.69. The first kappa shape index (κ1) is 18.9. The van der Waals surface area contributed by atoms with Crippen molar-refractivity contribution in [2.45, 2.75) is 19.4 Å². The predicted octanol–water partition coefficient (Wildman–Crippen LogP) is 2.05. The number of hydrogen-bond donors (Lipinski definition) is 1. The van der Waals surface area contributed by atoms with Gasteiger partial charge in [-0.05, 0) is 17.9 Å². The third-order valence-electron chi connectivity index (χ3n) is 4.07. The van der Waals surface area contributed by atoms with Crippen LogP contribution in [0.3, 0.4) is 0 Å². The van der Waals surface area contributed by atoms with Crippen LogP contribution >= 0.6 is 0 Å². The Hall–Kier alpha value is -2.44. The van der Waals surface area contributed by atoms with E-state index in [-0.39, 0.29) is 25.5 Å². The highest BCUT2D eigenvalue weighted by molar-refractivity contribution is 6.08. The lowest BCUT2D eigenvalue weighted by molar-refractivity contribution is -0.144. The minimum atomic E-state index is -0.929. The van der Waals surface area contributed by atoms with Crippen LogP contribution in [0.25, 0.3) is 10.8 Å². The number of nitrogens with zero attached hydrogens (tertiary/aromatic N) is 1. The van der Waals surface area contributed by atoms with Crippen molar-refractivity contribution in [1.29, 1.82) is 0 Å². The Balaban J connectivity index is 2.69. The van der Waals surface area contributed by atoms with E-state index in [2.05, 4.69) is 0 Å². The highest BCUT2D eigenvalue weighted by Crippen LogP contribution is 2.33.